The van der Waals surface area contributed by atoms with Crippen LogP contribution < -0.4 is 4.74 Å². The molecular weight excluding hydrogens is 256 g/mol. The van der Waals surface area contributed by atoms with E-state index >= 15 is 0 Å². The Morgan fingerprint density at radius 1 is 1.10 bits per heavy atom. The molecule has 1 aromatic rings. The van der Waals surface area contributed by atoms with Crippen LogP contribution in [0.3, 0.4) is 0 Å². The molecule has 0 bridgehead atoms. The third-order valence-corrected chi connectivity index (χ3v) is 3.02. The molecule has 0 aliphatic heterocycles. The van der Waals surface area contributed by atoms with Crippen LogP contribution in [0.1, 0.15) is 45.6 Å². The van der Waals surface area contributed by atoms with E-state index in [0.29, 0.717) is 12.2 Å². The first-order valence-corrected chi connectivity index (χ1v) is 6.98. The van der Waals surface area contributed by atoms with Crippen LogP contribution in [0.5, 0.6) is 5.75 Å². The van der Waals surface area contributed by atoms with Gasteiger partial charge >= 0.3 is 11.9 Å². The van der Waals surface area contributed by atoms with Crippen molar-refractivity contribution in [1.29, 1.82) is 0 Å². The highest BCUT2D eigenvalue weighted by Crippen LogP contribution is 2.26. The van der Waals surface area contributed by atoms with Gasteiger partial charge in [-0.3, -0.25) is 9.59 Å². The molecule has 4 nitrogen and oxygen atoms in total. The Morgan fingerprint density at radius 2 is 1.75 bits per heavy atom. The summed E-state index contributed by atoms with van der Waals surface area (Å²) < 4.78 is 10.3. The molecule has 0 saturated heterocycles. The summed E-state index contributed by atoms with van der Waals surface area (Å²) in [5.74, 6) is -1.20. The lowest BCUT2D eigenvalue weighted by Gasteiger charge is -2.16. The topological polar surface area (TPSA) is 52.6 Å². The zero-order valence-corrected chi connectivity index (χ0v) is 12.5. The lowest BCUT2D eigenvalue weighted by molar-refractivity contribution is -0.157. The van der Waals surface area contributed by atoms with Crippen LogP contribution in [-0.2, 0) is 14.3 Å². The molecule has 0 fully saturated rings. The van der Waals surface area contributed by atoms with Gasteiger partial charge in [0.05, 0.1) is 6.61 Å². The third kappa shape index (κ3) is 4.08. The molecule has 1 atom stereocenters. The normalized spacial score (nSPS) is 12.1. The van der Waals surface area contributed by atoms with Gasteiger partial charge in [-0.05, 0) is 30.9 Å². The molecule has 0 amide bonds. The Kier molecular flexibility index (Phi) is 6.22. The predicted octanol–water partition coefficient (Wildman–Crippen LogP) is 3.30. The van der Waals surface area contributed by atoms with Crippen molar-refractivity contribution >= 4 is 11.9 Å². The van der Waals surface area contributed by atoms with Crippen molar-refractivity contribution in [1.82, 2.24) is 0 Å². The number of carbonyl (C=O) groups excluding carboxylic acids is 2. The van der Waals surface area contributed by atoms with Crippen molar-refractivity contribution in [3.05, 3.63) is 29.8 Å². The van der Waals surface area contributed by atoms with Crippen molar-refractivity contribution in [2.24, 2.45) is 5.92 Å². The van der Waals surface area contributed by atoms with Crippen molar-refractivity contribution in [2.75, 3.05) is 6.61 Å². The number of ether oxygens (including phenoxy) is 2. The molecule has 4 heteroatoms. The SMILES string of the molecule is CCOC(=O)C(CC)C(=O)Oc1ccccc1C(C)C. The van der Waals surface area contributed by atoms with Crippen LogP contribution in [0.25, 0.3) is 0 Å². The van der Waals surface area contributed by atoms with Gasteiger partial charge in [0.25, 0.3) is 0 Å². The second-order valence-electron chi connectivity index (χ2n) is 4.83. The van der Waals surface area contributed by atoms with Gasteiger partial charge in [0, 0.05) is 0 Å². The Morgan fingerprint density at radius 3 is 2.30 bits per heavy atom. The van der Waals surface area contributed by atoms with E-state index in [1.165, 1.54) is 0 Å². The molecule has 0 aliphatic carbocycles. The summed E-state index contributed by atoms with van der Waals surface area (Å²) in [6, 6.07) is 7.36. The molecule has 0 saturated carbocycles. The van der Waals surface area contributed by atoms with E-state index in [-0.39, 0.29) is 12.5 Å². The largest absolute Gasteiger partial charge is 0.465 e. The highest BCUT2D eigenvalue weighted by molar-refractivity contribution is 5.95. The molecule has 1 unspecified atom stereocenters. The van der Waals surface area contributed by atoms with Gasteiger partial charge in [-0.15, -0.1) is 0 Å². The van der Waals surface area contributed by atoms with Crippen LogP contribution >= 0.6 is 0 Å². The number of rotatable bonds is 6. The standard InChI is InChI=1S/C16H22O4/c1-5-12(15(17)19-6-2)16(18)20-14-10-8-7-9-13(14)11(3)4/h7-12H,5-6H2,1-4H3. The summed E-state index contributed by atoms with van der Waals surface area (Å²) in [6.45, 7) is 7.77. The zero-order chi connectivity index (χ0) is 15.1. The minimum atomic E-state index is -0.866. The summed E-state index contributed by atoms with van der Waals surface area (Å²) in [5.41, 5.74) is 0.944. The van der Waals surface area contributed by atoms with Gasteiger partial charge in [-0.25, -0.2) is 0 Å². The monoisotopic (exact) mass is 278 g/mol. The van der Waals surface area contributed by atoms with Crippen LogP contribution in [0.2, 0.25) is 0 Å². The molecular formula is C16H22O4. The van der Waals surface area contributed by atoms with Crippen LogP contribution in [-0.4, -0.2) is 18.5 Å². The summed E-state index contributed by atoms with van der Waals surface area (Å²) >= 11 is 0. The first-order valence-electron chi connectivity index (χ1n) is 6.98. The molecule has 0 aliphatic rings. The highest BCUT2D eigenvalue weighted by atomic mass is 16.6. The maximum Gasteiger partial charge on any atom is 0.325 e. The average Bonchev–Trinajstić information content (AvgIpc) is 2.40. The van der Waals surface area contributed by atoms with E-state index in [9.17, 15) is 9.59 Å². The summed E-state index contributed by atoms with van der Waals surface area (Å²) in [5, 5.41) is 0. The molecule has 20 heavy (non-hydrogen) atoms. The number of benzene rings is 1. The number of para-hydroxylation sites is 1. The maximum atomic E-state index is 12.1. The Labute approximate surface area is 120 Å². The molecule has 0 radical (unpaired) electrons. The number of hydrogen-bond donors (Lipinski definition) is 0. The second-order valence-corrected chi connectivity index (χ2v) is 4.83. The Balaban J connectivity index is 2.86. The third-order valence-electron chi connectivity index (χ3n) is 3.02. The molecule has 0 spiro atoms. The van der Waals surface area contributed by atoms with Gasteiger partial charge in [0.2, 0.25) is 0 Å². The van der Waals surface area contributed by atoms with Crippen LogP contribution in [0.4, 0.5) is 0 Å². The number of esters is 2. The van der Waals surface area contributed by atoms with Crippen molar-refractivity contribution in [3.8, 4) is 5.75 Å². The molecule has 1 rings (SSSR count). The number of hydrogen-bond acceptors (Lipinski definition) is 4. The van der Waals surface area contributed by atoms with Gasteiger partial charge in [-0.1, -0.05) is 39.0 Å². The average molecular weight is 278 g/mol. The fourth-order valence-electron chi connectivity index (χ4n) is 1.90. The van der Waals surface area contributed by atoms with Gasteiger partial charge in [0.1, 0.15) is 5.75 Å². The van der Waals surface area contributed by atoms with Crippen molar-refractivity contribution < 1.29 is 19.1 Å². The first-order chi connectivity index (χ1) is 9.51. The predicted molar refractivity (Wildman–Crippen MR) is 76.6 cm³/mol. The summed E-state index contributed by atoms with van der Waals surface area (Å²) in [7, 11) is 0. The fraction of sp³-hybridized carbons (Fsp3) is 0.500. The van der Waals surface area contributed by atoms with Gasteiger partial charge < -0.3 is 9.47 Å². The van der Waals surface area contributed by atoms with Crippen molar-refractivity contribution in [3.63, 3.8) is 0 Å². The van der Waals surface area contributed by atoms with E-state index in [2.05, 4.69) is 0 Å². The highest BCUT2D eigenvalue weighted by Gasteiger charge is 2.28. The lowest BCUT2D eigenvalue weighted by atomic mass is 10.0. The summed E-state index contributed by atoms with van der Waals surface area (Å²) in [6.07, 6.45) is 0.363. The fourth-order valence-corrected chi connectivity index (χ4v) is 1.90. The van der Waals surface area contributed by atoms with Crippen molar-refractivity contribution in [2.45, 2.75) is 40.0 Å². The molecule has 0 heterocycles. The quantitative estimate of drug-likeness (QED) is 0.455. The van der Waals surface area contributed by atoms with E-state index in [0.717, 1.165) is 5.56 Å². The second kappa shape index (κ2) is 7.68. The Bertz CT molecular complexity index is 465. The van der Waals surface area contributed by atoms with E-state index in [4.69, 9.17) is 9.47 Å². The van der Waals surface area contributed by atoms with Gasteiger partial charge in [0.15, 0.2) is 5.92 Å². The first kappa shape index (κ1) is 16.2. The smallest absolute Gasteiger partial charge is 0.325 e. The van der Waals surface area contributed by atoms with E-state index in [1.807, 2.05) is 26.0 Å². The molecule has 0 aromatic heterocycles. The maximum absolute atomic E-state index is 12.1. The molecule has 1 aromatic carbocycles. The van der Waals surface area contributed by atoms with Gasteiger partial charge in [-0.2, -0.15) is 0 Å². The number of carbonyl (C=O) groups is 2. The summed E-state index contributed by atoms with van der Waals surface area (Å²) in [4.78, 5) is 23.8. The minimum absolute atomic E-state index is 0.238. The van der Waals surface area contributed by atoms with Crippen LogP contribution in [0.15, 0.2) is 24.3 Å². The zero-order valence-electron chi connectivity index (χ0n) is 12.5. The van der Waals surface area contributed by atoms with E-state index in [1.54, 1.807) is 26.0 Å². The Hall–Kier alpha value is -1.84. The molecule has 0 N–H and O–H groups in total. The van der Waals surface area contributed by atoms with E-state index < -0.39 is 17.9 Å². The van der Waals surface area contributed by atoms with Crippen LogP contribution in [0, 0.1) is 5.92 Å². The lowest BCUT2D eigenvalue weighted by Crippen LogP contribution is -2.29. The molecule has 110 valence electrons. The minimum Gasteiger partial charge on any atom is -0.465 e.